The Balaban J connectivity index is 1.72. The molecule has 1 aliphatic heterocycles. The zero-order valence-corrected chi connectivity index (χ0v) is 12.2. The Labute approximate surface area is 133 Å². The van der Waals surface area contributed by atoms with Crippen LogP contribution in [0.1, 0.15) is 0 Å². The largest absolute Gasteiger partial charge is 0.484 e. The third kappa shape index (κ3) is 4.47. The van der Waals surface area contributed by atoms with Gasteiger partial charge < -0.3 is 15.0 Å². The van der Waals surface area contributed by atoms with Crippen molar-refractivity contribution in [2.45, 2.75) is 12.2 Å². The van der Waals surface area contributed by atoms with Crippen LogP contribution >= 0.6 is 11.6 Å². The number of ether oxygens (including phenoxy) is 1. The zero-order chi connectivity index (χ0) is 17.2. The van der Waals surface area contributed by atoms with Crippen LogP contribution in [0.15, 0.2) is 18.2 Å². The fourth-order valence-corrected chi connectivity index (χ4v) is 2.02. The van der Waals surface area contributed by atoms with E-state index >= 15 is 0 Å². The van der Waals surface area contributed by atoms with Crippen molar-refractivity contribution in [1.29, 1.82) is 0 Å². The van der Waals surface area contributed by atoms with Gasteiger partial charge in [0.05, 0.1) is 11.1 Å². The number of carbonyl (C=O) groups excluding carboxylic acids is 2. The Hall–Kier alpha value is -2.03. The molecule has 1 fully saturated rings. The summed E-state index contributed by atoms with van der Waals surface area (Å²) in [6, 6.07) is 3.06. The molecule has 5 nitrogen and oxygen atoms in total. The van der Waals surface area contributed by atoms with Crippen molar-refractivity contribution in [3.8, 4) is 5.75 Å². The van der Waals surface area contributed by atoms with Crippen LogP contribution in [0, 0.1) is 5.82 Å². The summed E-state index contributed by atoms with van der Waals surface area (Å²) in [5, 5.41) is 2.31. The molecule has 0 aromatic heterocycles. The molecule has 0 aliphatic carbocycles. The highest BCUT2D eigenvalue weighted by atomic mass is 35.5. The summed E-state index contributed by atoms with van der Waals surface area (Å²) in [5.74, 6) is -3.14. The van der Waals surface area contributed by atoms with Gasteiger partial charge in [-0.05, 0) is 12.1 Å². The van der Waals surface area contributed by atoms with Crippen molar-refractivity contribution in [1.82, 2.24) is 10.2 Å². The molecule has 1 aromatic rings. The van der Waals surface area contributed by atoms with E-state index in [0.29, 0.717) is 4.90 Å². The Kier molecular flexibility index (Phi) is 4.98. The Morgan fingerprint density at radius 1 is 1.35 bits per heavy atom. The van der Waals surface area contributed by atoms with E-state index in [0.717, 1.165) is 6.07 Å². The van der Waals surface area contributed by atoms with E-state index in [2.05, 4.69) is 5.32 Å². The van der Waals surface area contributed by atoms with Gasteiger partial charge in [0.1, 0.15) is 11.6 Å². The van der Waals surface area contributed by atoms with Gasteiger partial charge in [-0.25, -0.2) is 4.39 Å². The van der Waals surface area contributed by atoms with Crippen LogP contribution in [-0.4, -0.2) is 48.6 Å². The molecular formula is C13H11ClF4N2O3. The van der Waals surface area contributed by atoms with Crippen molar-refractivity contribution >= 4 is 23.4 Å². The van der Waals surface area contributed by atoms with Gasteiger partial charge in [-0.3, -0.25) is 9.59 Å². The van der Waals surface area contributed by atoms with E-state index in [1.54, 1.807) is 0 Å². The summed E-state index contributed by atoms with van der Waals surface area (Å²) in [7, 11) is 0. The van der Waals surface area contributed by atoms with Crippen LogP contribution in [0.5, 0.6) is 5.75 Å². The van der Waals surface area contributed by atoms with Crippen LogP contribution < -0.4 is 10.1 Å². The summed E-state index contributed by atoms with van der Waals surface area (Å²) in [5.41, 5.74) is 0. The molecule has 2 rings (SSSR count). The van der Waals surface area contributed by atoms with Crippen LogP contribution in [0.2, 0.25) is 5.02 Å². The third-order valence-electron chi connectivity index (χ3n) is 3.04. The normalized spacial score (nSPS) is 15.1. The lowest BCUT2D eigenvalue weighted by molar-refractivity contribution is -0.190. The van der Waals surface area contributed by atoms with Gasteiger partial charge in [-0.15, -0.1) is 0 Å². The van der Waals surface area contributed by atoms with Crippen molar-refractivity contribution < 1.29 is 31.9 Å². The molecular weight excluding hydrogens is 344 g/mol. The third-order valence-corrected chi connectivity index (χ3v) is 3.34. The van der Waals surface area contributed by atoms with E-state index < -0.39 is 36.5 Å². The maximum absolute atomic E-state index is 13.2. The molecule has 23 heavy (non-hydrogen) atoms. The molecule has 126 valence electrons. The van der Waals surface area contributed by atoms with Gasteiger partial charge in [0.15, 0.2) is 6.61 Å². The first-order valence-electron chi connectivity index (χ1n) is 6.40. The number of alkyl halides is 3. The molecule has 2 amide bonds. The van der Waals surface area contributed by atoms with E-state index in [1.165, 1.54) is 12.1 Å². The van der Waals surface area contributed by atoms with E-state index in [1.807, 2.05) is 0 Å². The van der Waals surface area contributed by atoms with E-state index in [4.69, 9.17) is 16.3 Å². The summed E-state index contributed by atoms with van der Waals surface area (Å²) in [6.07, 6.45) is -4.92. The highest BCUT2D eigenvalue weighted by molar-refractivity contribution is 6.30. The van der Waals surface area contributed by atoms with Crippen molar-refractivity contribution in [2.75, 3.05) is 19.7 Å². The lowest BCUT2D eigenvalue weighted by Gasteiger charge is -2.39. The highest BCUT2D eigenvalue weighted by Crippen LogP contribution is 2.22. The molecule has 0 spiro atoms. The number of likely N-dealkylation sites (tertiary alicyclic amines) is 1. The highest BCUT2D eigenvalue weighted by Gasteiger charge is 2.46. The SMILES string of the molecule is O=C(COc1ccc(Cl)c(F)c1)NC1CN(C(=O)C(F)(F)F)C1. The first-order chi connectivity index (χ1) is 10.7. The average molecular weight is 355 g/mol. The first kappa shape index (κ1) is 17.3. The lowest BCUT2D eigenvalue weighted by Crippen LogP contribution is -2.63. The van der Waals surface area contributed by atoms with Crippen LogP contribution in [0.3, 0.4) is 0 Å². The minimum atomic E-state index is -4.92. The molecule has 1 N–H and O–H groups in total. The minimum Gasteiger partial charge on any atom is -0.484 e. The van der Waals surface area contributed by atoms with Crippen LogP contribution in [0.25, 0.3) is 0 Å². The zero-order valence-electron chi connectivity index (χ0n) is 11.5. The molecule has 1 saturated heterocycles. The summed E-state index contributed by atoms with van der Waals surface area (Å²) in [6.45, 7) is -0.885. The van der Waals surface area contributed by atoms with Gasteiger partial charge in [-0.1, -0.05) is 11.6 Å². The van der Waals surface area contributed by atoms with E-state index in [9.17, 15) is 27.2 Å². The number of nitrogens with zero attached hydrogens (tertiary/aromatic N) is 1. The summed E-state index contributed by atoms with van der Waals surface area (Å²) in [4.78, 5) is 23.0. The maximum Gasteiger partial charge on any atom is 0.471 e. The van der Waals surface area contributed by atoms with Gasteiger partial charge >= 0.3 is 12.1 Å². The number of amides is 2. The van der Waals surface area contributed by atoms with Gasteiger partial charge in [0.2, 0.25) is 0 Å². The molecule has 10 heteroatoms. The molecule has 0 radical (unpaired) electrons. The molecule has 0 atom stereocenters. The van der Waals surface area contributed by atoms with Gasteiger partial charge in [-0.2, -0.15) is 13.2 Å². The lowest BCUT2D eigenvalue weighted by atomic mass is 10.1. The number of benzene rings is 1. The second-order valence-corrected chi connectivity index (χ2v) is 5.24. The average Bonchev–Trinajstić information content (AvgIpc) is 2.42. The monoisotopic (exact) mass is 354 g/mol. The Morgan fingerprint density at radius 2 is 2.00 bits per heavy atom. The molecule has 1 aliphatic rings. The number of hydrogen-bond acceptors (Lipinski definition) is 3. The number of rotatable bonds is 4. The molecule has 0 unspecified atom stereocenters. The number of nitrogens with one attached hydrogen (secondary N) is 1. The first-order valence-corrected chi connectivity index (χ1v) is 6.78. The topological polar surface area (TPSA) is 58.6 Å². The number of halogens is 5. The molecule has 1 heterocycles. The summed E-state index contributed by atoms with van der Waals surface area (Å²) >= 11 is 5.49. The smallest absolute Gasteiger partial charge is 0.471 e. The van der Waals surface area contributed by atoms with Crippen LogP contribution in [0.4, 0.5) is 17.6 Å². The molecule has 0 saturated carbocycles. The predicted octanol–water partition coefficient (Wildman–Crippen LogP) is 1.75. The fourth-order valence-electron chi connectivity index (χ4n) is 1.90. The molecule has 1 aromatic carbocycles. The van der Waals surface area contributed by atoms with Crippen molar-refractivity contribution in [3.63, 3.8) is 0 Å². The predicted molar refractivity (Wildman–Crippen MR) is 71.5 cm³/mol. The fraction of sp³-hybridized carbons (Fsp3) is 0.385. The van der Waals surface area contributed by atoms with Crippen molar-refractivity contribution in [3.05, 3.63) is 29.0 Å². The number of carbonyl (C=O) groups is 2. The van der Waals surface area contributed by atoms with Gasteiger partial charge in [0.25, 0.3) is 5.91 Å². The summed E-state index contributed by atoms with van der Waals surface area (Å²) < 4.78 is 54.6. The van der Waals surface area contributed by atoms with E-state index in [-0.39, 0.29) is 23.9 Å². The van der Waals surface area contributed by atoms with Crippen molar-refractivity contribution in [2.24, 2.45) is 0 Å². The Bertz CT molecular complexity index is 618. The van der Waals surface area contributed by atoms with Crippen LogP contribution in [-0.2, 0) is 9.59 Å². The minimum absolute atomic E-state index is 0.0875. The second-order valence-electron chi connectivity index (χ2n) is 4.84. The standard InChI is InChI=1S/C13H11ClF4N2O3/c14-9-2-1-8(3-10(9)15)23-6-11(21)19-7-4-20(5-7)12(22)13(16,17)18/h1-3,7H,4-6H2,(H,19,21). The number of hydrogen-bond donors (Lipinski definition) is 1. The molecule has 0 bridgehead atoms. The quantitative estimate of drug-likeness (QED) is 0.838. The maximum atomic E-state index is 13.2. The van der Waals surface area contributed by atoms with Gasteiger partial charge in [0, 0.05) is 19.2 Å². The Morgan fingerprint density at radius 3 is 2.57 bits per heavy atom. The second kappa shape index (κ2) is 6.61.